The second-order valence-electron chi connectivity index (χ2n) is 10.7. The van der Waals surface area contributed by atoms with Gasteiger partial charge in [-0.2, -0.15) is 0 Å². The van der Waals surface area contributed by atoms with E-state index >= 15 is 0 Å². The molecule has 2 atom stereocenters. The predicted octanol–water partition coefficient (Wildman–Crippen LogP) is 4.52. The van der Waals surface area contributed by atoms with Crippen LogP contribution in [-0.4, -0.2) is 67.9 Å². The fraction of sp³-hybridized carbons (Fsp3) is 0.448. The molecule has 0 unspecified atom stereocenters. The van der Waals surface area contributed by atoms with Crippen LogP contribution in [0.5, 0.6) is 0 Å². The number of nitrogens with zero attached hydrogens (tertiary/aromatic N) is 4. The van der Waals surface area contributed by atoms with Gasteiger partial charge in [0.15, 0.2) is 5.58 Å². The number of fused-ring (bicyclic) bond motifs is 2. The number of aliphatic carboxylic acids is 1. The molecule has 10 heteroatoms. The zero-order valence-electron chi connectivity index (χ0n) is 21.8. The van der Waals surface area contributed by atoms with Gasteiger partial charge in [0.05, 0.1) is 43.2 Å². The molecule has 204 valence electrons. The number of carbonyl (C=O) groups is 2. The minimum absolute atomic E-state index is 0.0446. The number of likely N-dealkylation sites (tertiary alicyclic amines) is 1. The number of carboxylic acids is 1. The maximum Gasteiger partial charge on any atom is 0.306 e. The molecule has 3 aromatic heterocycles. The minimum Gasteiger partial charge on any atom is -0.481 e. The molecule has 4 aromatic rings. The number of hydrogen-bond donors (Lipinski definition) is 1. The highest BCUT2D eigenvalue weighted by molar-refractivity contribution is 5.93. The van der Waals surface area contributed by atoms with Gasteiger partial charge >= 0.3 is 5.97 Å². The van der Waals surface area contributed by atoms with E-state index in [9.17, 15) is 19.1 Å². The van der Waals surface area contributed by atoms with Crippen molar-refractivity contribution in [1.82, 2.24) is 19.4 Å². The number of aromatic nitrogens is 3. The van der Waals surface area contributed by atoms with Gasteiger partial charge in [-0.3, -0.25) is 9.59 Å². The summed E-state index contributed by atoms with van der Waals surface area (Å²) in [5.41, 5.74) is 3.72. The summed E-state index contributed by atoms with van der Waals surface area (Å²) in [5.74, 6) is -0.739. The highest BCUT2D eigenvalue weighted by Gasteiger charge is 2.36. The molecule has 39 heavy (non-hydrogen) atoms. The second kappa shape index (κ2) is 10.4. The smallest absolute Gasteiger partial charge is 0.306 e. The number of carboxylic acid groups (broad SMARTS) is 1. The Kier molecular flexibility index (Phi) is 6.80. The van der Waals surface area contributed by atoms with Crippen molar-refractivity contribution >= 4 is 34.0 Å². The topological polar surface area (TPSA) is 111 Å². The number of aryl methyl sites for hydroxylation is 1. The Morgan fingerprint density at radius 3 is 2.82 bits per heavy atom. The van der Waals surface area contributed by atoms with Crippen molar-refractivity contribution in [2.45, 2.75) is 56.8 Å². The van der Waals surface area contributed by atoms with Gasteiger partial charge in [0.25, 0.3) is 0 Å². The lowest BCUT2D eigenvalue weighted by molar-refractivity contribution is -0.144. The summed E-state index contributed by atoms with van der Waals surface area (Å²) in [7, 11) is 1.92. The molecule has 1 aromatic carbocycles. The van der Waals surface area contributed by atoms with Crippen LogP contribution in [0.25, 0.3) is 33.6 Å². The number of benzene rings is 1. The maximum atomic E-state index is 14.4. The van der Waals surface area contributed by atoms with Gasteiger partial charge in [0.1, 0.15) is 17.3 Å². The average molecular weight is 535 g/mol. The van der Waals surface area contributed by atoms with Crippen molar-refractivity contribution < 1.29 is 28.2 Å². The molecule has 1 amide bonds. The first-order valence-electron chi connectivity index (χ1n) is 13.4. The van der Waals surface area contributed by atoms with Crippen LogP contribution < -0.4 is 0 Å². The van der Waals surface area contributed by atoms with E-state index < -0.39 is 12.1 Å². The average Bonchev–Trinajstić information content (AvgIpc) is 3.62. The third kappa shape index (κ3) is 5.13. The van der Waals surface area contributed by atoms with Gasteiger partial charge in [0.2, 0.25) is 11.8 Å². The third-order valence-electron chi connectivity index (χ3n) is 8.00. The van der Waals surface area contributed by atoms with Crippen LogP contribution in [0, 0.1) is 5.92 Å². The molecule has 9 nitrogen and oxygen atoms in total. The number of halogens is 1. The number of alkyl halides is 1. The number of hydrogen-bond acceptors (Lipinski definition) is 6. The van der Waals surface area contributed by atoms with Gasteiger partial charge in [-0.1, -0.05) is 6.07 Å². The van der Waals surface area contributed by atoms with E-state index in [-0.39, 0.29) is 50.0 Å². The van der Waals surface area contributed by atoms with E-state index in [0.29, 0.717) is 42.7 Å². The Balaban J connectivity index is 1.12. The molecule has 4 heterocycles. The summed E-state index contributed by atoms with van der Waals surface area (Å²) in [4.78, 5) is 35.1. The van der Waals surface area contributed by atoms with Crippen molar-refractivity contribution in [3.63, 3.8) is 0 Å². The van der Waals surface area contributed by atoms with Gasteiger partial charge in [-0.25, -0.2) is 14.4 Å². The Bertz CT molecular complexity index is 1520. The monoisotopic (exact) mass is 534 g/mol. The molecule has 1 saturated carbocycles. The Morgan fingerprint density at radius 1 is 1.21 bits per heavy atom. The Labute approximate surface area is 224 Å². The van der Waals surface area contributed by atoms with Gasteiger partial charge < -0.3 is 23.7 Å². The van der Waals surface area contributed by atoms with E-state index in [1.807, 2.05) is 48.1 Å². The fourth-order valence-corrected chi connectivity index (χ4v) is 5.90. The van der Waals surface area contributed by atoms with Crippen molar-refractivity contribution in [2.24, 2.45) is 13.0 Å². The van der Waals surface area contributed by atoms with Crippen molar-refractivity contribution in [1.29, 1.82) is 0 Å². The molecule has 2 fully saturated rings. The maximum absolute atomic E-state index is 14.4. The first-order valence-corrected chi connectivity index (χ1v) is 13.4. The van der Waals surface area contributed by atoms with Crippen LogP contribution in [0.2, 0.25) is 0 Å². The van der Waals surface area contributed by atoms with Crippen LogP contribution in [0.3, 0.4) is 0 Å². The number of rotatable bonds is 7. The summed E-state index contributed by atoms with van der Waals surface area (Å²) < 4.78 is 28.4. The van der Waals surface area contributed by atoms with E-state index in [1.54, 1.807) is 11.1 Å². The molecule has 0 radical (unpaired) electrons. The molecule has 1 aliphatic carbocycles. The van der Waals surface area contributed by atoms with E-state index in [4.69, 9.17) is 9.15 Å². The van der Waals surface area contributed by atoms with Gasteiger partial charge in [-0.15, -0.1) is 0 Å². The predicted molar refractivity (Wildman–Crippen MR) is 142 cm³/mol. The molecule has 1 saturated heterocycles. The van der Waals surface area contributed by atoms with Crippen LogP contribution in [0.4, 0.5) is 4.39 Å². The number of oxazole rings is 1. The molecule has 0 bridgehead atoms. The Hall–Kier alpha value is -3.79. The summed E-state index contributed by atoms with van der Waals surface area (Å²) >= 11 is 0. The fourth-order valence-electron chi connectivity index (χ4n) is 5.90. The van der Waals surface area contributed by atoms with Crippen LogP contribution in [-0.2, 0) is 27.8 Å². The lowest BCUT2D eigenvalue weighted by Crippen LogP contribution is -2.40. The molecule has 2 aliphatic rings. The lowest BCUT2D eigenvalue weighted by atomic mass is 9.87. The molecule has 1 aliphatic heterocycles. The molecule has 1 N–H and O–H groups in total. The second-order valence-corrected chi connectivity index (χ2v) is 10.7. The van der Waals surface area contributed by atoms with E-state index in [2.05, 4.69) is 9.97 Å². The zero-order chi connectivity index (χ0) is 27.1. The largest absolute Gasteiger partial charge is 0.481 e. The van der Waals surface area contributed by atoms with Crippen molar-refractivity contribution in [3.05, 3.63) is 48.3 Å². The normalized spacial score (nSPS) is 23.6. The molecular weight excluding hydrogens is 503 g/mol. The van der Waals surface area contributed by atoms with E-state index in [0.717, 1.165) is 22.2 Å². The minimum atomic E-state index is -1.08. The first-order chi connectivity index (χ1) is 18.9. The van der Waals surface area contributed by atoms with Gasteiger partial charge in [-0.05, 0) is 55.5 Å². The molecular formula is C29H31FN4O5. The lowest BCUT2D eigenvalue weighted by Gasteiger charge is -2.29. The van der Waals surface area contributed by atoms with Gasteiger partial charge in [0, 0.05) is 31.2 Å². The first kappa shape index (κ1) is 25.5. The van der Waals surface area contributed by atoms with Crippen molar-refractivity contribution in [3.8, 4) is 11.5 Å². The highest BCUT2D eigenvalue weighted by Crippen LogP contribution is 2.32. The SMILES string of the molecule is Cn1cc(-c2nc3ccc(CC(=O)N4C[C@@H](F)C[C@H]4COC4CCC(C(=O)O)CC4)cc3o2)c2cccnc21. The molecule has 0 spiro atoms. The summed E-state index contributed by atoms with van der Waals surface area (Å²) in [5, 5.41) is 10.1. The van der Waals surface area contributed by atoms with Crippen molar-refractivity contribution in [2.75, 3.05) is 13.2 Å². The summed E-state index contributed by atoms with van der Waals surface area (Å²) in [6, 6.07) is 9.04. The van der Waals surface area contributed by atoms with Crippen LogP contribution in [0.15, 0.2) is 47.1 Å². The third-order valence-corrected chi connectivity index (χ3v) is 8.00. The number of ether oxygens (including phenoxy) is 1. The molecule has 6 rings (SSSR count). The quantitative estimate of drug-likeness (QED) is 0.371. The number of pyridine rings is 1. The highest BCUT2D eigenvalue weighted by atomic mass is 19.1. The van der Waals surface area contributed by atoms with Crippen LogP contribution >= 0.6 is 0 Å². The van der Waals surface area contributed by atoms with E-state index in [1.165, 1.54) is 0 Å². The number of carbonyl (C=O) groups excluding carboxylic acids is 1. The zero-order valence-corrected chi connectivity index (χ0v) is 21.8. The summed E-state index contributed by atoms with van der Waals surface area (Å²) in [6.07, 6.45) is 5.44. The Morgan fingerprint density at radius 2 is 2.03 bits per heavy atom. The summed E-state index contributed by atoms with van der Waals surface area (Å²) in [6.45, 7) is 0.321. The van der Waals surface area contributed by atoms with Crippen LogP contribution in [0.1, 0.15) is 37.7 Å². The standard InChI is InChI=1S/C29H31FN4O5/c1-33-15-23(22-3-2-10-31-27(22)33)28-32-24-9-4-17(11-25(24)39-28)12-26(35)34-14-19(30)13-20(34)16-38-21-7-5-18(6-8-21)29(36)37/h2-4,9-11,15,18-21H,5-8,12-14,16H2,1H3,(H,36,37)/t18?,19-,20-,21?/m0/s1. The number of amides is 1.